The van der Waals surface area contributed by atoms with Crippen LogP contribution in [0.25, 0.3) is 5.57 Å². The standard InChI is InChI=1S/C41H62N4O8SSi/c1-26-27(15-14-16-32(26)49-11)23-44(28-17-18-28)35(46)34-30(33-22-42-36(54-33)50-19-20-51-55(12,13)41(8,9)10)21-29-24-43(37(47)52-39(2,3)4)25-31(34)45(29)38(48)53-40(5,6)7/h14-16,22,28-29,31H,17-21,23-25H2,1-13H3. The van der Waals surface area contributed by atoms with Gasteiger partial charge < -0.3 is 33.2 Å². The van der Waals surface area contributed by atoms with Gasteiger partial charge in [0, 0.05) is 37.4 Å². The summed E-state index contributed by atoms with van der Waals surface area (Å²) < 4.78 is 29.9. The highest BCUT2D eigenvalue weighted by molar-refractivity contribution is 7.14. The van der Waals surface area contributed by atoms with E-state index < -0.39 is 43.8 Å². The second-order valence-corrected chi connectivity index (χ2v) is 24.2. The number of piperazine rings is 1. The molecule has 1 saturated heterocycles. The van der Waals surface area contributed by atoms with Crippen LogP contribution in [-0.2, 0) is 25.2 Å². The first kappa shape index (κ1) is 42.5. The Morgan fingerprint density at radius 2 is 1.60 bits per heavy atom. The molecule has 1 aromatic heterocycles. The van der Waals surface area contributed by atoms with Crippen molar-refractivity contribution < 1.29 is 37.8 Å². The molecule has 1 saturated carbocycles. The van der Waals surface area contributed by atoms with E-state index in [0.717, 1.165) is 40.2 Å². The molecule has 12 nitrogen and oxygen atoms in total. The SMILES string of the molecule is COc1cccc(CN(C(=O)C2=C(c3cnc(OCCO[Si](C)(C)C(C)(C)C)s3)CC3CN(C(=O)OC(C)(C)C)CC2N3C(=O)OC(C)(C)C)C2CC2)c1C. The molecule has 2 unspecified atom stereocenters. The zero-order chi connectivity index (χ0) is 40.7. The Kier molecular flexibility index (Phi) is 12.4. The molecular weight excluding hydrogens is 737 g/mol. The van der Waals surface area contributed by atoms with Crippen molar-refractivity contribution in [3.05, 3.63) is 46.0 Å². The molecule has 5 rings (SSSR count). The lowest BCUT2D eigenvalue weighted by Gasteiger charge is -2.51. The number of carbonyl (C=O) groups excluding carboxylic acids is 3. The second-order valence-electron chi connectivity index (χ2n) is 18.4. The number of rotatable bonds is 11. The van der Waals surface area contributed by atoms with Crippen molar-refractivity contribution in [3.63, 3.8) is 0 Å². The number of carbonyl (C=O) groups is 3. The number of ether oxygens (including phenoxy) is 4. The number of aromatic nitrogens is 1. The normalized spacial score (nSPS) is 19.3. The summed E-state index contributed by atoms with van der Waals surface area (Å²) in [5, 5.41) is 0.566. The number of methoxy groups -OCH3 is 1. The molecule has 0 N–H and O–H groups in total. The molecule has 3 heterocycles. The Morgan fingerprint density at radius 1 is 0.945 bits per heavy atom. The van der Waals surface area contributed by atoms with E-state index >= 15 is 4.79 Å². The van der Waals surface area contributed by atoms with Crippen molar-refractivity contribution in [1.29, 1.82) is 0 Å². The molecule has 55 heavy (non-hydrogen) atoms. The fourth-order valence-electron chi connectivity index (χ4n) is 6.73. The molecule has 14 heteroatoms. The van der Waals surface area contributed by atoms with E-state index in [1.54, 1.807) is 23.1 Å². The van der Waals surface area contributed by atoms with E-state index in [2.05, 4.69) is 38.8 Å². The molecule has 2 atom stereocenters. The lowest BCUT2D eigenvalue weighted by atomic mass is 9.83. The van der Waals surface area contributed by atoms with Gasteiger partial charge in [0.1, 0.15) is 23.6 Å². The third-order valence-electron chi connectivity index (χ3n) is 10.7. The average Bonchev–Trinajstić information content (AvgIpc) is 3.79. The van der Waals surface area contributed by atoms with E-state index in [9.17, 15) is 9.59 Å². The summed E-state index contributed by atoms with van der Waals surface area (Å²) in [7, 11) is -0.300. The molecule has 2 aliphatic heterocycles. The Balaban J connectivity index is 1.56. The Morgan fingerprint density at radius 3 is 2.20 bits per heavy atom. The first-order valence-electron chi connectivity index (χ1n) is 19.4. The number of amides is 3. The largest absolute Gasteiger partial charge is 0.496 e. The van der Waals surface area contributed by atoms with Gasteiger partial charge in [0.05, 0.1) is 30.7 Å². The van der Waals surface area contributed by atoms with Gasteiger partial charge >= 0.3 is 12.2 Å². The molecule has 3 aliphatic rings. The molecule has 1 aromatic carbocycles. The van der Waals surface area contributed by atoms with E-state index in [0.29, 0.717) is 36.9 Å². The van der Waals surface area contributed by atoms with Crippen LogP contribution in [0.3, 0.4) is 0 Å². The summed E-state index contributed by atoms with van der Waals surface area (Å²) in [5.41, 5.74) is 1.72. The number of nitrogens with zero attached hydrogens (tertiary/aromatic N) is 4. The van der Waals surface area contributed by atoms with Gasteiger partial charge in [-0.3, -0.25) is 9.69 Å². The van der Waals surface area contributed by atoms with Crippen molar-refractivity contribution >= 4 is 43.3 Å². The van der Waals surface area contributed by atoms with E-state index in [4.69, 9.17) is 23.4 Å². The Labute approximate surface area is 332 Å². The number of thiazole rings is 1. The smallest absolute Gasteiger partial charge is 0.411 e. The zero-order valence-corrected chi connectivity index (χ0v) is 37.0. The minimum Gasteiger partial charge on any atom is -0.496 e. The van der Waals surface area contributed by atoms with Crippen LogP contribution in [0, 0.1) is 6.92 Å². The Bertz CT molecular complexity index is 1770. The van der Waals surface area contributed by atoms with Crippen LogP contribution in [0.5, 0.6) is 10.9 Å². The topological polar surface area (TPSA) is 120 Å². The first-order chi connectivity index (χ1) is 25.5. The summed E-state index contributed by atoms with van der Waals surface area (Å²) in [4.78, 5) is 53.8. The molecule has 2 fully saturated rings. The van der Waals surface area contributed by atoms with Crippen LogP contribution in [-0.4, -0.2) is 109 Å². The molecule has 0 spiro atoms. The summed E-state index contributed by atoms with van der Waals surface area (Å²) in [6.45, 7) is 25.5. The molecule has 1 aliphatic carbocycles. The van der Waals surface area contributed by atoms with Crippen molar-refractivity contribution in [2.45, 2.75) is 143 Å². The molecule has 0 radical (unpaired) electrons. The molecule has 2 aromatic rings. The monoisotopic (exact) mass is 798 g/mol. The summed E-state index contributed by atoms with van der Waals surface area (Å²) >= 11 is 1.38. The highest BCUT2D eigenvalue weighted by Gasteiger charge is 2.51. The highest BCUT2D eigenvalue weighted by atomic mass is 32.1. The van der Waals surface area contributed by atoms with Gasteiger partial charge in [-0.25, -0.2) is 14.6 Å². The Hall–Kier alpha value is -3.62. The third-order valence-corrected chi connectivity index (χ3v) is 16.2. The summed E-state index contributed by atoms with van der Waals surface area (Å²) in [6.07, 6.45) is 2.81. The van der Waals surface area contributed by atoms with Gasteiger partial charge in [-0.2, -0.15) is 0 Å². The predicted molar refractivity (Wildman–Crippen MR) is 217 cm³/mol. The van der Waals surface area contributed by atoms with Crippen molar-refractivity contribution in [2.24, 2.45) is 0 Å². The number of benzene rings is 1. The minimum atomic E-state index is -1.94. The third kappa shape index (κ3) is 10.2. The first-order valence-corrected chi connectivity index (χ1v) is 23.1. The molecule has 3 amide bonds. The quantitative estimate of drug-likeness (QED) is 0.163. The van der Waals surface area contributed by atoms with Gasteiger partial charge in [0.25, 0.3) is 11.1 Å². The molecular formula is C41H62N4O8SSi. The summed E-state index contributed by atoms with van der Waals surface area (Å²) in [6, 6.07) is 4.63. The maximum Gasteiger partial charge on any atom is 0.411 e. The fraction of sp³-hybridized carbons (Fsp3) is 0.659. The van der Waals surface area contributed by atoms with Crippen LogP contribution >= 0.6 is 11.3 Å². The van der Waals surface area contributed by atoms with Crippen LogP contribution < -0.4 is 9.47 Å². The molecule has 2 bridgehead atoms. The maximum atomic E-state index is 15.3. The van der Waals surface area contributed by atoms with Crippen molar-refractivity contribution in [2.75, 3.05) is 33.4 Å². The maximum absolute atomic E-state index is 15.3. The van der Waals surface area contributed by atoms with Gasteiger partial charge in [-0.15, -0.1) is 0 Å². The second kappa shape index (κ2) is 16.1. The average molecular weight is 799 g/mol. The highest BCUT2D eigenvalue weighted by Crippen LogP contribution is 2.44. The van der Waals surface area contributed by atoms with Crippen LogP contribution in [0.2, 0.25) is 18.1 Å². The van der Waals surface area contributed by atoms with Crippen molar-refractivity contribution in [3.8, 4) is 10.9 Å². The lowest BCUT2D eigenvalue weighted by Crippen LogP contribution is -2.66. The van der Waals surface area contributed by atoms with E-state index in [1.165, 1.54) is 11.3 Å². The van der Waals surface area contributed by atoms with Gasteiger partial charge in [-0.1, -0.05) is 44.2 Å². The summed E-state index contributed by atoms with van der Waals surface area (Å²) in [5.74, 6) is 0.575. The van der Waals surface area contributed by atoms with Gasteiger partial charge in [0.15, 0.2) is 8.32 Å². The van der Waals surface area contributed by atoms with Crippen LogP contribution in [0.1, 0.15) is 97.6 Å². The number of hydrogen-bond donors (Lipinski definition) is 0. The van der Waals surface area contributed by atoms with Gasteiger partial charge in [0.2, 0.25) is 0 Å². The minimum absolute atomic E-state index is 0.0337. The fourth-order valence-corrected chi connectivity index (χ4v) is 8.61. The number of hydrogen-bond acceptors (Lipinski definition) is 10. The van der Waals surface area contributed by atoms with Gasteiger partial charge in [-0.05, 0) is 109 Å². The van der Waals surface area contributed by atoms with Crippen molar-refractivity contribution in [1.82, 2.24) is 19.7 Å². The predicted octanol–water partition coefficient (Wildman–Crippen LogP) is 8.43. The molecule has 304 valence electrons. The van der Waals surface area contributed by atoms with Crippen LogP contribution in [0.4, 0.5) is 9.59 Å². The van der Waals surface area contributed by atoms with E-state index in [1.807, 2.05) is 71.6 Å². The van der Waals surface area contributed by atoms with Crippen LogP contribution in [0.15, 0.2) is 30.0 Å². The zero-order valence-electron chi connectivity index (χ0n) is 35.2. The van der Waals surface area contributed by atoms with E-state index in [-0.39, 0.29) is 30.1 Å². The number of fused-ring (bicyclic) bond motifs is 2. The lowest BCUT2D eigenvalue weighted by molar-refractivity contribution is -0.129.